The van der Waals surface area contributed by atoms with Crippen LogP contribution in [0.25, 0.3) is 11.4 Å². The van der Waals surface area contributed by atoms with Crippen LogP contribution < -0.4 is 20.7 Å². The molecule has 10 heteroatoms. The summed E-state index contributed by atoms with van der Waals surface area (Å²) in [6.07, 6.45) is 3.57. The first-order valence-electron chi connectivity index (χ1n) is 11.6. The van der Waals surface area contributed by atoms with Gasteiger partial charge in [0.05, 0.1) is 17.8 Å². The zero-order valence-electron chi connectivity index (χ0n) is 20.7. The summed E-state index contributed by atoms with van der Waals surface area (Å²) in [7, 11) is 3.92. The molecular formula is C24H33N7O2S. The van der Waals surface area contributed by atoms with Crippen molar-refractivity contribution in [2.75, 3.05) is 48.9 Å². The summed E-state index contributed by atoms with van der Waals surface area (Å²) in [5.41, 5.74) is 3.01. The molecule has 0 bridgehead atoms. The highest BCUT2D eigenvalue weighted by atomic mass is 32.1. The molecule has 1 unspecified atom stereocenters. The lowest BCUT2D eigenvalue weighted by Crippen LogP contribution is -2.38. The van der Waals surface area contributed by atoms with E-state index in [1.807, 2.05) is 64.3 Å². The van der Waals surface area contributed by atoms with Crippen LogP contribution in [0.1, 0.15) is 25.1 Å². The Bertz CT molecular complexity index is 1190. The molecule has 0 radical (unpaired) electrons. The second kappa shape index (κ2) is 10.1. The lowest BCUT2D eigenvalue weighted by Gasteiger charge is -2.23. The van der Waals surface area contributed by atoms with Crippen LogP contribution in [-0.4, -0.2) is 65.5 Å². The van der Waals surface area contributed by atoms with Crippen molar-refractivity contribution >= 4 is 28.0 Å². The van der Waals surface area contributed by atoms with Crippen LogP contribution in [0.3, 0.4) is 0 Å². The number of aromatic nitrogens is 4. The SMILES string of the molecule is CCO[C@H]1CN(c2nccs2)CC1Nc1c(C)nc(-c2cnc(N(C)C)cc2C)n(CC)c1=O. The third-order valence-electron chi connectivity index (χ3n) is 6.13. The molecule has 4 rings (SSSR count). The number of rotatable bonds is 8. The molecule has 2 atom stereocenters. The van der Waals surface area contributed by atoms with Crippen molar-refractivity contribution in [2.24, 2.45) is 0 Å². The minimum atomic E-state index is -0.0796. The number of hydrogen-bond acceptors (Lipinski definition) is 9. The molecule has 0 saturated carbocycles. The molecule has 34 heavy (non-hydrogen) atoms. The Labute approximate surface area is 204 Å². The van der Waals surface area contributed by atoms with Crippen molar-refractivity contribution in [2.45, 2.75) is 46.4 Å². The highest BCUT2D eigenvalue weighted by molar-refractivity contribution is 7.13. The Morgan fingerprint density at radius 2 is 2.03 bits per heavy atom. The Morgan fingerprint density at radius 3 is 2.65 bits per heavy atom. The smallest absolute Gasteiger partial charge is 0.277 e. The molecule has 1 saturated heterocycles. The lowest BCUT2D eigenvalue weighted by molar-refractivity contribution is 0.0720. The minimum absolute atomic E-state index is 0.0454. The average molecular weight is 484 g/mol. The Balaban J connectivity index is 1.68. The van der Waals surface area contributed by atoms with Gasteiger partial charge >= 0.3 is 0 Å². The standard InChI is InChI=1S/C24H33N7O2S/c1-7-31-22(17-12-26-20(29(5)6)11-15(17)3)27-16(4)21(23(31)32)28-18-13-30(14-19(18)33-8-2)24-25-9-10-34-24/h9-12,18-19,28H,7-8,13-14H2,1-6H3/t18?,19-/m0/s1. The van der Waals surface area contributed by atoms with E-state index in [4.69, 9.17) is 9.72 Å². The molecular weight excluding hydrogens is 450 g/mol. The van der Waals surface area contributed by atoms with Crippen molar-refractivity contribution in [3.05, 3.63) is 45.5 Å². The van der Waals surface area contributed by atoms with Crippen LogP contribution in [0.2, 0.25) is 0 Å². The van der Waals surface area contributed by atoms with E-state index in [-0.39, 0.29) is 17.7 Å². The van der Waals surface area contributed by atoms with E-state index in [0.29, 0.717) is 36.9 Å². The molecule has 0 aliphatic carbocycles. The van der Waals surface area contributed by atoms with Gasteiger partial charge in [0.15, 0.2) is 5.13 Å². The fraction of sp³-hybridized carbons (Fsp3) is 0.500. The van der Waals surface area contributed by atoms with Crippen molar-refractivity contribution in [1.82, 2.24) is 19.5 Å². The van der Waals surface area contributed by atoms with Gasteiger partial charge in [-0.2, -0.15) is 0 Å². The predicted molar refractivity (Wildman–Crippen MR) is 138 cm³/mol. The van der Waals surface area contributed by atoms with E-state index >= 15 is 0 Å². The first-order valence-corrected chi connectivity index (χ1v) is 12.5. The molecule has 1 N–H and O–H groups in total. The van der Waals surface area contributed by atoms with E-state index in [0.717, 1.165) is 28.6 Å². The third kappa shape index (κ3) is 4.65. The number of hydrogen-bond donors (Lipinski definition) is 1. The highest BCUT2D eigenvalue weighted by Gasteiger charge is 2.35. The van der Waals surface area contributed by atoms with Gasteiger partial charge < -0.3 is 19.9 Å². The highest BCUT2D eigenvalue weighted by Crippen LogP contribution is 2.28. The monoisotopic (exact) mass is 483 g/mol. The minimum Gasteiger partial charge on any atom is -0.374 e. The summed E-state index contributed by atoms with van der Waals surface area (Å²) in [6, 6.07) is 1.97. The summed E-state index contributed by atoms with van der Waals surface area (Å²) >= 11 is 1.61. The number of thiazole rings is 1. The third-order valence-corrected chi connectivity index (χ3v) is 6.96. The number of anilines is 3. The van der Waals surface area contributed by atoms with E-state index in [1.165, 1.54) is 0 Å². The molecule has 0 spiro atoms. The molecule has 4 heterocycles. The number of nitrogens with zero attached hydrogens (tertiary/aromatic N) is 6. The second-order valence-electron chi connectivity index (χ2n) is 8.66. The molecule has 182 valence electrons. The first kappa shape index (κ1) is 24.2. The van der Waals surface area contributed by atoms with E-state index in [9.17, 15) is 4.79 Å². The lowest BCUT2D eigenvalue weighted by atomic mass is 10.1. The van der Waals surface area contributed by atoms with E-state index in [2.05, 4.69) is 20.2 Å². The molecule has 1 aliphatic rings. The van der Waals surface area contributed by atoms with Gasteiger partial charge in [-0.1, -0.05) is 0 Å². The van der Waals surface area contributed by atoms with Gasteiger partial charge in [0.2, 0.25) is 0 Å². The predicted octanol–water partition coefficient (Wildman–Crippen LogP) is 3.17. The maximum Gasteiger partial charge on any atom is 0.277 e. The van der Waals surface area contributed by atoms with Crippen molar-refractivity contribution in [1.29, 1.82) is 0 Å². The van der Waals surface area contributed by atoms with Gasteiger partial charge in [0.1, 0.15) is 17.3 Å². The van der Waals surface area contributed by atoms with Crippen molar-refractivity contribution < 1.29 is 4.74 Å². The maximum absolute atomic E-state index is 13.6. The van der Waals surface area contributed by atoms with Gasteiger partial charge in [-0.3, -0.25) is 9.36 Å². The number of ether oxygens (including phenoxy) is 1. The molecule has 9 nitrogen and oxygen atoms in total. The van der Waals surface area contributed by atoms with E-state index in [1.54, 1.807) is 22.1 Å². The molecule has 1 aliphatic heterocycles. The van der Waals surface area contributed by atoms with Crippen molar-refractivity contribution in [3.8, 4) is 11.4 Å². The van der Waals surface area contributed by atoms with Crippen LogP contribution in [0.4, 0.5) is 16.6 Å². The van der Waals surface area contributed by atoms with E-state index < -0.39 is 0 Å². The number of aryl methyl sites for hydroxylation is 2. The molecule has 0 amide bonds. The largest absolute Gasteiger partial charge is 0.374 e. The normalized spacial score (nSPS) is 17.9. The number of pyridine rings is 1. The fourth-order valence-electron chi connectivity index (χ4n) is 4.36. The summed E-state index contributed by atoms with van der Waals surface area (Å²) in [4.78, 5) is 31.7. The van der Waals surface area contributed by atoms with Crippen LogP contribution in [0.5, 0.6) is 0 Å². The van der Waals surface area contributed by atoms with Crippen LogP contribution in [0.15, 0.2) is 28.6 Å². The molecule has 1 fully saturated rings. The zero-order valence-corrected chi connectivity index (χ0v) is 21.5. The van der Waals surface area contributed by atoms with Gasteiger partial charge in [-0.05, 0) is 39.3 Å². The van der Waals surface area contributed by atoms with Gasteiger partial charge in [-0.15, -0.1) is 11.3 Å². The summed E-state index contributed by atoms with van der Waals surface area (Å²) in [5.74, 6) is 1.51. The summed E-state index contributed by atoms with van der Waals surface area (Å²) in [5, 5.41) is 6.43. The maximum atomic E-state index is 13.6. The molecule has 3 aromatic heterocycles. The molecule has 0 aromatic carbocycles. The van der Waals surface area contributed by atoms with Gasteiger partial charge in [0, 0.05) is 63.7 Å². The zero-order chi connectivity index (χ0) is 24.4. The first-order chi connectivity index (χ1) is 16.3. The molecule has 3 aromatic rings. The van der Waals surface area contributed by atoms with Crippen molar-refractivity contribution in [3.63, 3.8) is 0 Å². The quantitative estimate of drug-likeness (QED) is 0.523. The second-order valence-corrected chi connectivity index (χ2v) is 9.53. The fourth-order valence-corrected chi connectivity index (χ4v) is 5.02. The van der Waals surface area contributed by atoms with Crippen LogP contribution in [0, 0.1) is 13.8 Å². The average Bonchev–Trinajstić information content (AvgIpc) is 3.47. The Morgan fingerprint density at radius 1 is 1.24 bits per heavy atom. The Hall–Kier alpha value is -2.98. The number of nitrogens with one attached hydrogen (secondary N) is 1. The van der Waals surface area contributed by atoms with Crippen LogP contribution in [-0.2, 0) is 11.3 Å². The van der Waals surface area contributed by atoms with Crippen LogP contribution >= 0.6 is 11.3 Å². The summed E-state index contributed by atoms with van der Waals surface area (Å²) < 4.78 is 7.74. The summed E-state index contributed by atoms with van der Waals surface area (Å²) in [6.45, 7) is 10.4. The topological polar surface area (TPSA) is 88.4 Å². The van der Waals surface area contributed by atoms with Gasteiger partial charge in [0.25, 0.3) is 5.56 Å². The van der Waals surface area contributed by atoms with Gasteiger partial charge in [-0.25, -0.2) is 15.0 Å². The Kier molecular flexibility index (Phi) is 7.18.